The molecular weight excluding hydrogens is 484 g/mol. The highest BCUT2D eigenvalue weighted by Crippen LogP contribution is 2.48. The standard InChI is InChI=1S/C34H42N2O3/c1-21-17-26(15-16-35-21)25-11-13-29(28(18-25)20-36(6)34(3,4)5)30-14-12-23-7-10-27(19-31(23)39-30)32(24-8-9-24)22(2)33(37)38/h7,10-11,13,15-19,22,24,30,32H,8-9,12,14,20H2,1-6H3,(H,37,38)/t22-,30?,32-/m0/s1. The molecule has 5 rings (SSSR count). The number of pyridine rings is 1. The summed E-state index contributed by atoms with van der Waals surface area (Å²) in [6.45, 7) is 11.4. The van der Waals surface area contributed by atoms with Gasteiger partial charge in [0.25, 0.3) is 0 Å². The van der Waals surface area contributed by atoms with Crippen molar-refractivity contribution in [1.82, 2.24) is 9.88 Å². The third-order valence-electron chi connectivity index (χ3n) is 8.75. The molecule has 3 atom stereocenters. The number of aliphatic carboxylic acids is 1. The predicted octanol–water partition coefficient (Wildman–Crippen LogP) is 7.57. The Morgan fingerprint density at radius 3 is 2.49 bits per heavy atom. The number of ether oxygens (including phenoxy) is 1. The molecule has 0 saturated heterocycles. The van der Waals surface area contributed by atoms with Crippen LogP contribution in [0, 0.1) is 18.8 Å². The SMILES string of the molecule is Cc1cc(-c2ccc(C3CCc4ccc([C@H](C5CC5)[C@H](C)C(=O)O)cc4O3)c(CN(C)C(C)(C)C)c2)ccn1. The van der Waals surface area contributed by atoms with Crippen molar-refractivity contribution in [3.8, 4) is 16.9 Å². The normalized spacial score (nSPS) is 18.8. The van der Waals surface area contributed by atoms with Gasteiger partial charge < -0.3 is 9.84 Å². The van der Waals surface area contributed by atoms with E-state index in [1.54, 1.807) is 0 Å². The monoisotopic (exact) mass is 526 g/mol. The van der Waals surface area contributed by atoms with Crippen LogP contribution in [0.4, 0.5) is 0 Å². The second-order valence-corrected chi connectivity index (χ2v) is 12.6. The second-order valence-electron chi connectivity index (χ2n) is 12.6. The fourth-order valence-corrected chi connectivity index (χ4v) is 5.84. The highest BCUT2D eigenvalue weighted by Gasteiger charge is 2.39. The smallest absolute Gasteiger partial charge is 0.306 e. The molecule has 1 N–H and O–H groups in total. The molecule has 0 amide bonds. The maximum Gasteiger partial charge on any atom is 0.306 e. The Hall–Kier alpha value is -3.18. The third kappa shape index (κ3) is 6.04. The van der Waals surface area contributed by atoms with Gasteiger partial charge in [-0.15, -0.1) is 0 Å². The van der Waals surface area contributed by atoms with Crippen LogP contribution in [0.1, 0.15) is 86.9 Å². The lowest BCUT2D eigenvalue weighted by Gasteiger charge is -2.34. The summed E-state index contributed by atoms with van der Waals surface area (Å²) in [6, 6.07) is 17.4. The van der Waals surface area contributed by atoms with Gasteiger partial charge in [0, 0.05) is 24.0 Å². The quantitative estimate of drug-likeness (QED) is 0.328. The number of carboxylic acids is 1. The van der Waals surface area contributed by atoms with Gasteiger partial charge in [-0.3, -0.25) is 14.7 Å². The van der Waals surface area contributed by atoms with Gasteiger partial charge in [-0.25, -0.2) is 0 Å². The fraction of sp³-hybridized carbons (Fsp3) is 0.471. The zero-order valence-corrected chi connectivity index (χ0v) is 24.2. The summed E-state index contributed by atoms with van der Waals surface area (Å²) < 4.78 is 6.75. The van der Waals surface area contributed by atoms with Crippen molar-refractivity contribution in [2.24, 2.45) is 11.8 Å². The summed E-state index contributed by atoms with van der Waals surface area (Å²) in [5.74, 6) is 0.281. The largest absolute Gasteiger partial charge is 0.485 e. The van der Waals surface area contributed by atoms with E-state index >= 15 is 0 Å². The molecule has 1 saturated carbocycles. The molecule has 2 aromatic carbocycles. The van der Waals surface area contributed by atoms with Gasteiger partial charge in [-0.1, -0.05) is 31.2 Å². The van der Waals surface area contributed by atoms with Crippen LogP contribution in [0.25, 0.3) is 11.1 Å². The van der Waals surface area contributed by atoms with E-state index < -0.39 is 11.9 Å². The molecule has 1 aliphatic carbocycles. The molecule has 3 aromatic rings. The van der Waals surface area contributed by atoms with Gasteiger partial charge in [0.1, 0.15) is 11.9 Å². The fourth-order valence-electron chi connectivity index (χ4n) is 5.84. The molecule has 5 heteroatoms. The van der Waals surface area contributed by atoms with Crippen LogP contribution in [0.3, 0.4) is 0 Å². The molecular formula is C34H42N2O3. The summed E-state index contributed by atoms with van der Waals surface area (Å²) in [4.78, 5) is 18.6. The molecule has 1 aliphatic heterocycles. The minimum Gasteiger partial charge on any atom is -0.485 e. The minimum atomic E-state index is -0.722. The first-order valence-corrected chi connectivity index (χ1v) is 14.3. The number of carboxylic acid groups (broad SMARTS) is 1. The zero-order valence-electron chi connectivity index (χ0n) is 24.2. The molecule has 1 unspecified atom stereocenters. The van der Waals surface area contributed by atoms with Crippen molar-refractivity contribution < 1.29 is 14.6 Å². The van der Waals surface area contributed by atoms with Crippen molar-refractivity contribution in [2.75, 3.05) is 7.05 Å². The van der Waals surface area contributed by atoms with E-state index in [4.69, 9.17) is 4.74 Å². The van der Waals surface area contributed by atoms with Crippen LogP contribution < -0.4 is 4.74 Å². The third-order valence-corrected chi connectivity index (χ3v) is 8.75. The molecule has 2 aliphatic rings. The average Bonchev–Trinajstić information content (AvgIpc) is 3.73. The molecule has 0 bridgehead atoms. The maximum atomic E-state index is 11.9. The van der Waals surface area contributed by atoms with Crippen LogP contribution in [-0.2, 0) is 17.8 Å². The molecule has 39 heavy (non-hydrogen) atoms. The topological polar surface area (TPSA) is 62.7 Å². The van der Waals surface area contributed by atoms with E-state index in [2.05, 4.69) is 86.2 Å². The number of nitrogens with zero attached hydrogens (tertiary/aromatic N) is 2. The zero-order chi connectivity index (χ0) is 27.9. The first-order chi connectivity index (χ1) is 18.5. The summed E-state index contributed by atoms with van der Waals surface area (Å²) in [5, 5.41) is 9.76. The Labute approximate surface area is 233 Å². The number of aryl methyl sites for hydroxylation is 2. The van der Waals surface area contributed by atoms with E-state index in [1.165, 1.54) is 27.8 Å². The first-order valence-electron chi connectivity index (χ1n) is 14.3. The molecule has 206 valence electrons. The first kappa shape index (κ1) is 27.4. The Balaban J connectivity index is 1.48. The number of rotatable bonds is 8. The number of aromatic nitrogens is 1. The van der Waals surface area contributed by atoms with Crippen molar-refractivity contribution >= 4 is 5.97 Å². The van der Waals surface area contributed by atoms with Crippen LogP contribution in [0.15, 0.2) is 54.7 Å². The highest BCUT2D eigenvalue weighted by atomic mass is 16.5. The average molecular weight is 527 g/mol. The van der Waals surface area contributed by atoms with Crippen molar-refractivity contribution in [2.45, 2.75) is 84.4 Å². The van der Waals surface area contributed by atoms with E-state index in [1.807, 2.05) is 20.0 Å². The Morgan fingerprint density at radius 1 is 1.08 bits per heavy atom. The van der Waals surface area contributed by atoms with E-state index in [-0.39, 0.29) is 17.6 Å². The summed E-state index contributed by atoms with van der Waals surface area (Å²) >= 11 is 0. The van der Waals surface area contributed by atoms with Crippen molar-refractivity contribution in [3.05, 3.63) is 82.7 Å². The number of fused-ring (bicyclic) bond motifs is 1. The lowest BCUT2D eigenvalue weighted by atomic mass is 9.82. The van der Waals surface area contributed by atoms with E-state index in [0.717, 1.165) is 49.2 Å². The Kier molecular flexibility index (Phi) is 7.56. The minimum absolute atomic E-state index is 0.0358. The van der Waals surface area contributed by atoms with Gasteiger partial charge in [0.2, 0.25) is 0 Å². The summed E-state index contributed by atoms with van der Waals surface area (Å²) in [5.41, 5.74) is 8.23. The van der Waals surface area contributed by atoms with Gasteiger partial charge in [0.15, 0.2) is 0 Å². The summed E-state index contributed by atoms with van der Waals surface area (Å²) in [7, 11) is 2.18. The highest BCUT2D eigenvalue weighted by molar-refractivity contribution is 5.71. The van der Waals surface area contributed by atoms with Crippen molar-refractivity contribution in [3.63, 3.8) is 0 Å². The van der Waals surface area contributed by atoms with E-state index in [0.29, 0.717) is 5.92 Å². The maximum absolute atomic E-state index is 11.9. The van der Waals surface area contributed by atoms with Crippen LogP contribution in [-0.4, -0.2) is 33.5 Å². The molecule has 0 radical (unpaired) electrons. The second kappa shape index (κ2) is 10.8. The van der Waals surface area contributed by atoms with E-state index in [9.17, 15) is 9.90 Å². The molecule has 1 fully saturated rings. The Morgan fingerprint density at radius 2 is 1.82 bits per heavy atom. The van der Waals surface area contributed by atoms with Crippen LogP contribution in [0.2, 0.25) is 0 Å². The van der Waals surface area contributed by atoms with Gasteiger partial charge in [-0.05, 0) is 130 Å². The molecule has 0 spiro atoms. The lowest BCUT2D eigenvalue weighted by molar-refractivity contribution is -0.142. The van der Waals surface area contributed by atoms with Gasteiger partial charge in [0.05, 0.1) is 5.92 Å². The number of benzene rings is 2. The van der Waals surface area contributed by atoms with Gasteiger partial charge >= 0.3 is 5.97 Å². The molecule has 1 aromatic heterocycles. The van der Waals surface area contributed by atoms with Crippen LogP contribution in [0.5, 0.6) is 5.75 Å². The number of carbonyl (C=O) groups is 1. The van der Waals surface area contributed by atoms with Crippen molar-refractivity contribution in [1.29, 1.82) is 0 Å². The summed E-state index contributed by atoms with van der Waals surface area (Å²) in [6.07, 6.45) is 5.92. The van der Waals surface area contributed by atoms with Gasteiger partial charge in [-0.2, -0.15) is 0 Å². The predicted molar refractivity (Wildman–Crippen MR) is 156 cm³/mol. The lowest BCUT2D eigenvalue weighted by Crippen LogP contribution is -2.37. The molecule has 5 nitrogen and oxygen atoms in total. The molecule has 2 heterocycles. The number of hydrogen-bond acceptors (Lipinski definition) is 4. The van der Waals surface area contributed by atoms with Crippen LogP contribution >= 0.6 is 0 Å². The Bertz CT molecular complexity index is 1350. The number of hydrogen-bond donors (Lipinski definition) is 1.